The lowest BCUT2D eigenvalue weighted by atomic mass is 9.89. The molecule has 0 amide bonds. The van der Waals surface area contributed by atoms with Crippen LogP contribution in [-0.2, 0) is 0 Å². The predicted molar refractivity (Wildman–Crippen MR) is 74.7 cm³/mol. The number of anilines is 1. The van der Waals surface area contributed by atoms with Crippen molar-refractivity contribution in [3.8, 4) is 5.75 Å². The van der Waals surface area contributed by atoms with Crippen LogP contribution in [0.2, 0.25) is 0 Å². The van der Waals surface area contributed by atoms with E-state index in [0.717, 1.165) is 6.54 Å². The topological polar surface area (TPSA) is 64.4 Å². The highest BCUT2D eigenvalue weighted by Gasteiger charge is 2.17. The fourth-order valence-corrected chi connectivity index (χ4v) is 2.59. The van der Waals surface area contributed by atoms with Gasteiger partial charge >= 0.3 is 0 Å². The standard InChI is InChI=1S/C14H20N2O3/c1-19-12-7-8-14(16(17)18)13(9-12)15-10-11-5-3-2-4-6-11/h7-9,11,15H,2-6,10H2,1H3. The first kappa shape index (κ1) is 13.6. The van der Waals surface area contributed by atoms with Crippen LogP contribution in [0.15, 0.2) is 18.2 Å². The van der Waals surface area contributed by atoms with Crippen molar-refractivity contribution in [2.24, 2.45) is 5.92 Å². The van der Waals surface area contributed by atoms with E-state index in [1.165, 1.54) is 38.2 Å². The number of nitrogens with zero attached hydrogens (tertiary/aromatic N) is 1. The first-order valence-electron chi connectivity index (χ1n) is 6.77. The first-order chi connectivity index (χ1) is 9.20. The average molecular weight is 264 g/mol. The van der Waals surface area contributed by atoms with Gasteiger partial charge in [-0.05, 0) is 24.8 Å². The van der Waals surface area contributed by atoms with Crippen molar-refractivity contribution in [3.63, 3.8) is 0 Å². The van der Waals surface area contributed by atoms with Crippen molar-refractivity contribution in [1.29, 1.82) is 0 Å². The fraction of sp³-hybridized carbons (Fsp3) is 0.571. The third-order valence-electron chi connectivity index (χ3n) is 3.71. The Kier molecular flexibility index (Phi) is 4.60. The molecule has 19 heavy (non-hydrogen) atoms. The molecule has 1 saturated carbocycles. The smallest absolute Gasteiger partial charge is 0.292 e. The monoisotopic (exact) mass is 264 g/mol. The SMILES string of the molecule is COc1ccc([N+](=O)[O-])c(NCC2CCCCC2)c1. The Labute approximate surface area is 113 Å². The normalized spacial score (nSPS) is 16.1. The Bertz CT molecular complexity index is 442. The second-order valence-electron chi connectivity index (χ2n) is 5.03. The van der Waals surface area contributed by atoms with Crippen LogP contribution in [0.4, 0.5) is 11.4 Å². The summed E-state index contributed by atoms with van der Waals surface area (Å²) in [5.74, 6) is 1.26. The van der Waals surface area contributed by atoms with Crippen molar-refractivity contribution >= 4 is 11.4 Å². The number of rotatable bonds is 5. The van der Waals surface area contributed by atoms with Gasteiger partial charge in [-0.15, -0.1) is 0 Å². The molecule has 0 spiro atoms. The maximum Gasteiger partial charge on any atom is 0.292 e. The Balaban J connectivity index is 2.06. The summed E-state index contributed by atoms with van der Waals surface area (Å²) in [6.45, 7) is 0.800. The second kappa shape index (κ2) is 6.41. The lowest BCUT2D eigenvalue weighted by Gasteiger charge is -2.22. The lowest BCUT2D eigenvalue weighted by Crippen LogP contribution is -2.17. The minimum atomic E-state index is -0.358. The van der Waals surface area contributed by atoms with Crippen molar-refractivity contribution in [3.05, 3.63) is 28.3 Å². The van der Waals surface area contributed by atoms with Crippen LogP contribution >= 0.6 is 0 Å². The molecule has 5 nitrogen and oxygen atoms in total. The quantitative estimate of drug-likeness (QED) is 0.652. The molecule has 0 heterocycles. The van der Waals surface area contributed by atoms with Gasteiger partial charge in [-0.3, -0.25) is 10.1 Å². The van der Waals surface area contributed by atoms with Gasteiger partial charge in [-0.2, -0.15) is 0 Å². The summed E-state index contributed by atoms with van der Waals surface area (Å²) in [6.07, 6.45) is 6.28. The fourth-order valence-electron chi connectivity index (χ4n) is 2.59. The van der Waals surface area contributed by atoms with E-state index in [0.29, 0.717) is 17.4 Å². The average Bonchev–Trinajstić information content (AvgIpc) is 2.45. The molecule has 1 aliphatic carbocycles. The third-order valence-corrected chi connectivity index (χ3v) is 3.71. The molecule has 1 aromatic rings. The summed E-state index contributed by atoms with van der Waals surface area (Å²) in [6, 6.07) is 4.80. The molecule has 1 N–H and O–H groups in total. The molecule has 104 valence electrons. The van der Waals surface area contributed by atoms with E-state index in [2.05, 4.69) is 5.32 Å². The molecule has 1 fully saturated rings. The number of nitrogens with one attached hydrogen (secondary N) is 1. The van der Waals surface area contributed by atoms with Gasteiger partial charge in [-0.25, -0.2) is 0 Å². The van der Waals surface area contributed by atoms with Gasteiger partial charge in [-0.1, -0.05) is 19.3 Å². The Morgan fingerprint density at radius 3 is 2.74 bits per heavy atom. The second-order valence-corrected chi connectivity index (χ2v) is 5.03. The summed E-state index contributed by atoms with van der Waals surface area (Å²) in [5, 5.41) is 14.2. The van der Waals surface area contributed by atoms with Crippen molar-refractivity contribution < 1.29 is 9.66 Å². The number of hydrogen-bond donors (Lipinski definition) is 1. The molecule has 1 aliphatic rings. The molecule has 0 aromatic heterocycles. The molecule has 2 rings (SSSR count). The van der Waals surface area contributed by atoms with E-state index in [1.54, 1.807) is 19.2 Å². The third kappa shape index (κ3) is 3.59. The molecule has 0 atom stereocenters. The summed E-state index contributed by atoms with van der Waals surface area (Å²) in [7, 11) is 1.56. The molecule has 0 aliphatic heterocycles. The molecule has 5 heteroatoms. The molecular formula is C14H20N2O3. The van der Waals surface area contributed by atoms with Crippen LogP contribution < -0.4 is 10.1 Å². The zero-order valence-corrected chi connectivity index (χ0v) is 11.2. The Hall–Kier alpha value is -1.78. The number of methoxy groups -OCH3 is 1. The van der Waals surface area contributed by atoms with E-state index in [-0.39, 0.29) is 10.6 Å². The van der Waals surface area contributed by atoms with Crippen molar-refractivity contribution in [1.82, 2.24) is 0 Å². The highest BCUT2D eigenvalue weighted by Crippen LogP contribution is 2.30. The van der Waals surface area contributed by atoms with E-state index < -0.39 is 0 Å². The van der Waals surface area contributed by atoms with E-state index in [1.807, 2.05) is 0 Å². The van der Waals surface area contributed by atoms with Gasteiger partial charge in [0.15, 0.2) is 0 Å². The summed E-state index contributed by atoms with van der Waals surface area (Å²) >= 11 is 0. The van der Waals surface area contributed by atoms with E-state index >= 15 is 0 Å². The Morgan fingerprint density at radius 2 is 2.11 bits per heavy atom. The molecule has 0 bridgehead atoms. The first-order valence-corrected chi connectivity index (χ1v) is 6.77. The van der Waals surface area contributed by atoms with E-state index in [4.69, 9.17) is 4.74 Å². The minimum Gasteiger partial charge on any atom is -0.497 e. The van der Waals surface area contributed by atoms with Crippen LogP contribution in [0.1, 0.15) is 32.1 Å². The lowest BCUT2D eigenvalue weighted by molar-refractivity contribution is -0.384. The highest BCUT2D eigenvalue weighted by molar-refractivity contribution is 5.64. The zero-order valence-electron chi connectivity index (χ0n) is 11.2. The molecule has 0 unspecified atom stereocenters. The maximum absolute atomic E-state index is 11.0. The summed E-state index contributed by atoms with van der Waals surface area (Å²) < 4.78 is 5.12. The van der Waals surface area contributed by atoms with Crippen LogP contribution in [-0.4, -0.2) is 18.6 Å². The number of ether oxygens (including phenoxy) is 1. The molecule has 0 radical (unpaired) electrons. The van der Waals surface area contributed by atoms with Crippen molar-refractivity contribution in [2.45, 2.75) is 32.1 Å². The molecule has 1 aromatic carbocycles. The van der Waals surface area contributed by atoms with E-state index in [9.17, 15) is 10.1 Å². The molecule has 0 saturated heterocycles. The highest BCUT2D eigenvalue weighted by atomic mass is 16.6. The van der Waals surface area contributed by atoms with Gasteiger partial charge in [0.1, 0.15) is 11.4 Å². The number of benzene rings is 1. The summed E-state index contributed by atoms with van der Waals surface area (Å²) in [4.78, 5) is 10.6. The molecular weight excluding hydrogens is 244 g/mol. The number of nitro benzene ring substituents is 1. The minimum absolute atomic E-state index is 0.108. The largest absolute Gasteiger partial charge is 0.497 e. The predicted octanol–water partition coefficient (Wildman–Crippen LogP) is 3.60. The van der Waals surface area contributed by atoms with Crippen LogP contribution in [0, 0.1) is 16.0 Å². The van der Waals surface area contributed by atoms with Gasteiger partial charge < -0.3 is 10.1 Å². The number of nitro groups is 1. The number of hydrogen-bond acceptors (Lipinski definition) is 4. The summed E-state index contributed by atoms with van der Waals surface area (Å²) in [5.41, 5.74) is 0.659. The van der Waals surface area contributed by atoms with Gasteiger partial charge in [0.25, 0.3) is 5.69 Å². The maximum atomic E-state index is 11.0. The van der Waals surface area contributed by atoms with Crippen LogP contribution in [0.5, 0.6) is 5.75 Å². The van der Waals surface area contributed by atoms with Crippen molar-refractivity contribution in [2.75, 3.05) is 19.0 Å². The van der Waals surface area contributed by atoms with Crippen LogP contribution in [0.3, 0.4) is 0 Å². The van der Waals surface area contributed by atoms with Crippen LogP contribution in [0.25, 0.3) is 0 Å². The Morgan fingerprint density at radius 1 is 1.37 bits per heavy atom. The zero-order chi connectivity index (χ0) is 13.7. The van der Waals surface area contributed by atoms with Gasteiger partial charge in [0, 0.05) is 18.7 Å². The van der Waals surface area contributed by atoms with Gasteiger partial charge in [0.05, 0.1) is 12.0 Å². The van der Waals surface area contributed by atoms with Gasteiger partial charge in [0.2, 0.25) is 0 Å².